The molecule has 0 spiro atoms. The van der Waals surface area contributed by atoms with Gasteiger partial charge in [0.2, 0.25) is 0 Å². The quantitative estimate of drug-likeness (QED) is 0.341. The molecule has 0 heterocycles. The minimum Gasteiger partial charge on any atom is -0.469 e. The summed E-state index contributed by atoms with van der Waals surface area (Å²) in [6.45, 7) is 0.470. The zero-order valence-corrected chi connectivity index (χ0v) is 10.8. The van der Waals surface area contributed by atoms with Crippen molar-refractivity contribution in [1.82, 2.24) is 0 Å². The summed E-state index contributed by atoms with van der Waals surface area (Å²) in [5.74, 6) is -0.216. The molecule has 0 fully saturated rings. The SMILES string of the molecule is COCO[C@H](CCCCCO)CCC(=O)OC. The largest absolute Gasteiger partial charge is 0.469 e. The summed E-state index contributed by atoms with van der Waals surface area (Å²) in [7, 11) is 2.96. The Morgan fingerprint density at radius 1 is 1.18 bits per heavy atom. The number of unbranched alkanes of at least 4 members (excludes halogenated alkanes) is 2. The van der Waals surface area contributed by atoms with Gasteiger partial charge in [0.15, 0.2) is 0 Å². The molecule has 0 radical (unpaired) electrons. The molecule has 0 aliphatic rings. The monoisotopic (exact) mass is 248 g/mol. The third kappa shape index (κ3) is 10.2. The van der Waals surface area contributed by atoms with Crippen molar-refractivity contribution >= 4 is 5.97 Å². The average molecular weight is 248 g/mol. The van der Waals surface area contributed by atoms with Crippen LogP contribution in [-0.4, -0.2) is 44.8 Å². The predicted molar refractivity (Wildman–Crippen MR) is 63.6 cm³/mol. The van der Waals surface area contributed by atoms with E-state index in [0.29, 0.717) is 12.8 Å². The van der Waals surface area contributed by atoms with E-state index in [1.165, 1.54) is 7.11 Å². The van der Waals surface area contributed by atoms with E-state index in [1.54, 1.807) is 7.11 Å². The first-order valence-corrected chi connectivity index (χ1v) is 6.02. The Morgan fingerprint density at radius 2 is 1.94 bits per heavy atom. The first kappa shape index (κ1) is 16.4. The van der Waals surface area contributed by atoms with Gasteiger partial charge in [0.1, 0.15) is 6.79 Å². The van der Waals surface area contributed by atoms with Crippen LogP contribution in [0.4, 0.5) is 0 Å². The highest BCUT2D eigenvalue weighted by Gasteiger charge is 2.11. The van der Waals surface area contributed by atoms with Crippen molar-refractivity contribution in [3.8, 4) is 0 Å². The second-order valence-corrected chi connectivity index (χ2v) is 3.88. The van der Waals surface area contributed by atoms with Gasteiger partial charge in [-0.3, -0.25) is 4.79 Å². The molecule has 0 aromatic carbocycles. The van der Waals surface area contributed by atoms with Crippen molar-refractivity contribution in [3.63, 3.8) is 0 Å². The Labute approximate surface area is 103 Å². The Balaban J connectivity index is 3.74. The fraction of sp³-hybridized carbons (Fsp3) is 0.917. The Morgan fingerprint density at radius 3 is 2.53 bits per heavy atom. The van der Waals surface area contributed by atoms with Gasteiger partial charge in [-0.2, -0.15) is 0 Å². The molecule has 0 aromatic rings. The van der Waals surface area contributed by atoms with Gasteiger partial charge in [0, 0.05) is 20.1 Å². The third-order valence-electron chi connectivity index (χ3n) is 2.50. The molecular formula is C12H24O5. The van der Waals surface area contributed by atoms with Crippen molar-refractivity contribution in [2.75, 3.05) is 27.6 Å². The highest BCUT2D eigenvalue weighted by Crippen LogP contribution is 2.12. The zero-order chi connectivity index (χ0) is 12.9. The maximum absolute atomic E-state index is 11.0. The zero-order valence-electron chi connectivity index (χ0n) is 10.8. The van der Waals surface area contributed by atoms with Gasteiger partial charge in [-0.15, -0.1) is 0 Å². The molecule has 0 saturated heterocycles. The molecule has 0 unspecified atom stereocenters. The van der Waals surface area contributed by atoms with E-state index in [0.717, 1.165) is 25.7 Å². The number of hydrogen-bond acceptors (Lipinski definition) is 5. The van der Waals surface area contributed by atoms with Crippen LogP contribution >= 0.6 is 0 Å². The highest BCUT2D eigenvalue weighted by atomic mass is 16.7. The molecule has 0 bridgehead atoms. The third-order valence-corrected chi connectivity index (χ3v) is 2.50. The van der Waals surface area contributed by atoms with E-state index in [1.807, 2.05) is 0 Å². The van der Waals surface area contributed by atoms with Crippen molar-refractivity contribution < 1.29 is 24.1 Å². The minimum absolute atomic E-state index is 0.0211. The Bertz CT molecular complexity index is 184. The molecule has 1 N–H and O–H groups in total. The van der Waals surface area contributed by atoms with Crippen LogP contribution in [0.5, 0.6) is 0 Å². The maximum Gasteiger partial charge on any atom is 0.305 e. The summed E-state index contributed by atoms with van der Waals surface area (Å²) in [5, 5.41) is 8.67. The van der Waals surface area contributed by atoms with E-state index in [2.05, 4.69) is 4.74 Å². The van der Waals surface area contributed by atoms with Crippen LogP contribution in [0.1, 0.15) is 38.5 Å². The minimum atomic E-state index is -0.216. The Hall–Kier alpha value is -0.650. The molecule has 0 aliphatic heterocycles. The van der Waals surface area contributed by atoms with Crippen molar-refractivity contribution in [1.29, 1.82) is 0 Å². The van der Waals surface area contributed by atoms with E-state index < -0.39 is 0 Å². The van der Waals surface area contributed by atoms with Crippen molar-refractivity contribution in [3.05, 3.63) is 0 Å². The summed E-state index contributed by atoms with van der Waals surface area (Å²) >= 11 is 0. The van der Waals surface area contributed by atoms with Gasteiger partial charge in [-0.1, -0.05) is 12.8 Å². The lowest BCUT2D eigenvalue weighted by atomic mass is 10.1. The second kappa shape index (κ2) is 11.8. The van der Waals surface area contributed by atoms with Crippen LogP contribution in [0.15, 0.2) is 0 Å². The molecule has 0 saturated carbocycles. The standard InChI is InChI=1S/C12H24O5/c1-15-10-17-11(6-4-3-5-9-13)7-8-12(14)16-2/h11,13H,3-10H2,1-2H3/t11-/m1/s1. The second-order valence-electron chi connectivity index (χ2n) is 3.88. The molecule has 0 aromatic heterocycles. The number of methoxy groups -OCH3 is 2. The first-order chi connectivity index (χ1) is 8.24. The number of aliphatic hydroxyl groups is 1. The Kier molecular flexibility index (Phi) is 11.4. The lowest BCUT2D eigenvalue weighted by molar-refractivity contribution is -0.142. The summed E-state index contributed by atoms with van der Waals surface area (Å²) in [4.78, 5) is 11.0. The predicted octanol–water partition coefficient (Wildman–Crippen LogP) is 1.48. The normalized spacial score (nSPS) is 12.4. The molecular weight excluding hydrogens is 224 g/mol. The topological polar surface area (TPSA) is 65.0 Å². The number of esters is 1. The van der Waals surface area contributed by atoms with Gasteiger partial charge in [0.25, 0.3) is 0 Å². The smallest absolute Gasteiger partial charge is 0.305 e. The highest BCUT2D eigenvalue weighted by molar-refractivity contribution is 5.69. The van der Waals surface area contributed by atoms with Crippen LogP contribution < -0.4 is 0 Å². The molecule has 1 atom stereocenters. The van der Waals surface area contributed by atoms with Gasteiger partial charge < -0.3 is 19.3 Å². The van der Waals surface area contributed by atoms with Gasteiger partial charge in [0.05, 0.1) is 13.2 Å². The fourth-order valence-corrected chi connectivity index (χ4v) is 1.52. The maximum atomic E-state index is 11.0. The van der Waals surface area contributed by atoms with E-state index in [9.17, 15) is 4.79 Å². The lowest BCUT2D eigenvalue weighted by Crippen LogP contribution is -2.17. The van der Waals surface area contributed by atoms with Crippen molar-refractivity contribution in [2.24, 2.45) is 0 Å². The van der Waals surface area contributed by atoms with E-state index in [4.69, 9.17) is 14.6 Å². The summed E-state index contributed by atoms with van der Waals surface area (Å²) in [6.07, 6.45) is 4.68. The molecule has 102 valence electrons. The van der Waals surface area contributed by atoms with Crippen LogP contribution in [0.3, 0.4) is 0 Å². The van der Waals surface area contributed by atoms with Gasteiger partial charge in [-0.05, 0) is 19.3 Å². The fourth-order valence-electron chi connectivity index (χ4n) is 1.52. The molecule has 17 heavy (non-hydrogen) atoms. The van der Waals surface area contributed by atoms with Crippen LogP contribution in [0.25, 0.3) is 0 Å². The van der Waals surface area contributed by atoms with E-state index in [-0.39, 0.29) is 25.5 Å². The molecule has 0 rings (SSSR count). The summed E-state index contributed by atoms with van der Waals surface area (Å²) in [6, 6.07) is 0. The molecule has 5 nitrogen and oxygen atoms in total. The summed E-state index contributed by atoms with van der Waals surface area (Å²) in [5.41, 5.74) is 0. The number of carbonyl (C=O) groups excluding carboxylic acids is 1. The first-order valence-electron chi connectivity index (χ1n) is 6.02. The van der Waals surface area contributed by atoms with Gasteiger partial charge in [-0.25, -0.2) is 0 Å². The lowest BCUT2D eigenvalue weighted by Gasteiger charge is -2.16. The number of aliphatic hydroxyl groups excluding tert-OH is 1. The average Bonchev–Trinajstić information content (AvgIpc) is 2.36. The van der Waals surface area contributed by atoms with Crippen molar-refractivity contribution in [2.45, 2.75) is 44.6 Å². The van der Waals surface area contributed by atoms with Crippen LogP contribution in [0.2, 0.25) is 0 Å². The number of rotatable bonds is 11. The molecule has 0 amide bonds. The number of carbonyl (C=O) groups is 1. The van der Waals surface area contributed by atoms with Crippen LogP contribution in [0, 0.1) is 0 Å². The van der Waals surface area contributed by atoms with Gasteiger partial charge >= 0.3 is 5.97 Å². The van der Waals surface area contributed by atoms with Crippen LogP contribution in [-0.2, 0) is 19.0 Å². The molecule has 5 heteroatoms. The molecule has 0 aliphatic carbocycles. The number of hydrogen-bond donors (Lipinski definition) is 1. The van der Waals surface area contributed by atoms with E-state index >= 15 is 0 Å². The summed E-state index contributed by atoms with van der Waals surface area (Å²) < 4.78 is 14.9. The number of ether oxygens (including phenoxy) is 3.